The quantitative estimate of drug-likeness (QED) is 0.799. The van der Waals surface area contributed by atoms with Crippen LogP contribution in [0.2, 0.25) is 5.02 Å². The molecule has 1 fully saturated rings. The number of carbonyl (C=O) groups is 2. The largest absolute Gasteiger partial charge is 0.335 e. The number of benzene rings is 2. The van der Waals surface area contributed by atoms with E-state index in [1.807, 2.05) is 0 Å². The van der Waals surface area contributed by atoms with Crippen molar-refractivity contribution in [1.29, 1.82) is 0 Å². The zero-order chi connectivity index (χ0) is 18.8. The fourth-order valence-corrected chi connectivity index (χ4v) is 3.01. The molecule has 2 aromatic rings. The van der Waals surface area contributed by atoms with Crippen molar-refractivity contribution in [1.82, 2.24) is 9.80 Å². The Morgan fingerprint density at radius 3 is 2.00 bits per heavy atom. The molecule has 0 bridgehead atoms. The highest BCUT2D eigenvalue weighted by Gasteiger charge is 2.27. The molecule has 1 heterocycles. The van der Waals surface area contributed by atoms with Gasteiger partial charge in [-0.05, 0) is 36.4 Å². The number of amides is 2. The molecule has 0 spiro atoms. The van der Waals surface area contributed by atoms with E-state index >= 15 is 0 Å². The van der Waals surface area contributed by atoms with E-state index in [9.17, 15) is 22.8 Å². The standard InChI is InChI=1S/C18H14ClF3N2O2/c19-14-10-12(20)2-3-13(14)18(26)24-7-5-23(6-8-24)17(25)11-1-4-15(21)16(22)9-11/h1-4,9-10H,5-8H2. The Kier molecular flexibility index (Phi) is 5.18. The summed E-state index contributed by atoms with van der Waals surface area (Å²) in [4.78, 5) is 27.8. The molecule has 0 aromatic heterocycles. The fraction of sp³-hybridized carbons (Fsp3) is 0.222. The molecule has 0 unspecified atom stereocenters. The Balaban J connectivity index is 1.66. The van der Waals surface area contributed by atoms with Gasteiger partial charge >= 0.3 is 0 Å². The normalized spacial score (nSPS) is 14.5. The molecule has 2 aromatic carbocycles. The van der Waals surface area contributed by atoms with Gasteiger partial charge in [-0.15, -0.1) is 0 Å². The minimum atomic E-state index is -1.09. The van der Waals surface area contributed by atoms with Crippen molar-refractivity contribution in [3.05, 3.63) is 70.0 Å². The molecule has 0 atom stereocenters. The van der Waals surface area contributed by atoms with Gasteiger partial charge in [0.15, 0.2) is 11.6 Å². The fourth-order valence-electron chi connectivity index (χ4n) is 2.76. The summed E-state index contributed by atoms with van der Waals surface area (Å²) >= 11 is 5.91. The van der Waals surface area contributed by atoms with E-state index in [-0.39, 0.29) is 48.2 Å². The SMILES string of the molecule is O=C(c1ccc(F)c(F)c1)N1CCN(C(=O)c2ccc(F)cc2Cl)CC1. The van der Waals surface area contributed by atoms with Crippen LogP contribution in [0.25, 0.3) is 0 Å². The maximum Gasteiger partial charge on any atom is 0.255 e. The lowest BCUT2D eigenvalue weighted by atomic mass is 10.1. The predicted molar refractivity (Wildman–Crippen MR) is 89.6 cm³/mol. The molecular weight excluding hydrogens is 369 g/mol. The van der Waals surface area contributed by atoms with E-state index in [1.54, 1.807) is 0 Å². The molecule has 4 nitrogen and oxygen atoms in total. The van der Waals surface area contributed by atoms with Crippen LogP contribution in [-0.4, -0.2) is 47.8 Å². The molecule has 1 aliphatic heterocycles. The molecular formula is C18H14ClF3N2O2. The van der Waals surface area contributed by atoms with Crippen molar-refractivity contribution in [2.75, 3.05) is 26.2 Å². The second-order valence-corrected chi connectivity index (χ2v) is 6.24. The first-order chi connectivity index (χ1) is 12.4. The van der Waals surface area contributed by atoms with Gasteiger partial charge in [0.05, 0.1) is 10.6 Å². The summed E-state index contributed by atoms with van der Waals surface area (Å²) in [5, 5.41) is 0.0234. The maximum absolute atomic E-state index is 13.3. The maximum atomic E-state index is 13.3. The van der Waals surface area contributed by atoms with Crippen LogP contribution in [0, 0.1) is 17.5 Å². The van der Waals surface area contributed by atoms with Gasteiger partial charge in [-0.3, -0.25) is 9.59 Å². The van der Waals surface area contributed by atoms with Gasteiger partial charge < -0.3 is 9.80 Å². The number of carbonyl (C=O) groups excluding carboxylic acids is 2. The summed E-state index contributed by atoms with van der Waals surface area (Å²) in [7, 11) is 0. The van der Waals surface area contributed by atoms with Crippen LogP contribution >= 0.6 is 11.6 Å². The molecule has 3 rings (SSSR count). The van der Waals surface area contributed by atoms with E-state index in [0.29, 0.717) is 0 Å². The van der Waals surface area contributed by atoms with Crippen LogP contribution in [0.1, 0.15) is 20.7 Å². The molecule has 26 heavy (non-hydrogen) atoms. The first-order valence-electron chi connectivity index (χ1n) is 7.85. The van der Waals surface area contributed by atoms with Crippen molar-refractivity contribution in [2.24, 2.45) is 0 Å². The van der Waals surface area contributed by atoms with E-state index < -0.39 is 23.4 Å². The Morgan fingerprint density at radius 1 is 0.808 bits per heavy atom. The number of hydrogen-bond acceptors (Lipinski definition) is 2. The van der Waals surface area contributed by atoms with Gasteiger partial charge in [-0.1, -0.05) is 11.6 Å². The topological polar surface area (TPSA) is 40.6 Å². The highest BCUT2D eigenvalue weighted by atomic mass is 35.5. The third-order valence-electron chi connectivity index (χ3n) is 4.18. The minimum absolute atomic E-state index is 0.0234. The third-order valence-corrected chi connectivity index (χ3v) is 4.49. The Bertz CT molecular complexity index is 868. The van der Waals surface area contributed by atoms with Gasteiger partial charge in [0.25, 0.3) is 11.8 Å². The van der Waals surface area contributed by atoms with Crippen molar-refractivity contribution in [3.63, 3.8) is 0 Å². The minimum Gasteiger partial charge on any atom is -0.335 e. The lowest BCUT2D eigenvalue weighted by Gasteiger charge is -2.35. The molecule has 1 saturated heterocycles. The van der Waals surface area contributed by atoms with E-state index in [1.165, 1.54) is 21.9 Å². The zero-order valence-electron chi connectivity index (χ0n) is 13.5. The molecule has 0 N–H and O–H groups in total. The van der Waals surface area contributed by atoms with Crippen LogP contribution in [-0.2, 0) is 0 Å². The number of piperazine rings is 1. The molecule has 0 saturated carbocycles. The molecule has 136 valence electrons. The lowest BCUT2D eigenvalue weighted by Crippen LogP contribution is -2.50. The van der Waals surface area contributed by atoms with E-state index in [0.717, 1.165) is 24.3 Å². The van der Waals surface area contributed by atoms with Gasteiger partial charge in [0.1, 0.15) is 5.82 Å². The van der Waals surface area contributed by atoms with Gasteiger partial charge in [0.2, 0.25) is 0 Å². The van der Waals surface area contributed by atoms with Gasteiger partial charge in [-0.25, -0.2) is 13.2 Å². The molecule has 1 aliphatic rings. The first kappa shape index (κ1) is 18.3. The van der Waals surface area contributed by atoms with Crippen LogP contribution in [0.4, 0.5) is 13.2 Å². The second kappa shape index (κ2) is 7.37. The molecule has 0 radical (unpaired) electrons. The van der Waals surface area contributed by atoms with Gasteiger partial charge in [0, 0.05) is 31.7 Å². The second-order valence-electron chi connectivity index (χ2n) is 5.84. The number of nitrogens with zero attached hydrogens (tertiary/aromatic N) is 2. The summed E-state index contributed by atoms with van der Waals surface area (Å²) in [5.74, 6) is -3.43. The Labute approximate surface area is 152 Å². The lowest BCUT2D eigenvalue weighted by molar-refractivity contribution is 0.0535. The molecule has 8 heteroatoms. The van der Waals surface area contributed by atoms with Crippen LogP contribution in [0.5, 0.6) is 0 Å². The number of hydrogen-bond donors (Lipinski definition) is 0. The summed E-state index contributed by atoms with van der Waals surface area (Å²) in [6, 6.07) is 6.52. The van der Waals surface area contributed by atoms with E-state index in [4.69, 9.17) is 11.6 Å². The number of rotatable bonds is 2. The Hall–Kier alpha value is -2.54. The van der Waals surface area contributed by atoms with Crippen LogP contribution in [0.15, 0.2) is 36.4 Å². The van der Waals surface area contributed by atoms with Crippen molar-refractivity contribution < 1.29 is 22.8 Å². The summed E-state index contributed by atoms with van der Waals surface area (Å²) in [6.07, 6.45) is 0. The van der Waals surface area contributed by atoms with Crippen LogP contribution < -0.4 is 0 Å². The summed E-state index contributed by atoms with van der Waals surface area (Å²) in [5.41, 5.74) is 0.235. The highest BCUT2D eigenvalue weighted by Crippen LogP contribution is 2.20. The zero-order valence-corrected chi connectivity index (χ0v) is 14.3. The third kappa shape index (κ3) is 3.67. The van der Waals surface area contributed by atoms with Gasteiger partial charge in [-0.2, -0.15) is 0 Å². The van der Waals surface area contributed by atoms with Crippen LogP contribution in [0.3, 0.4) is 0 Å². The predicted octanol–water partition coefficient (Wildman–Crippen LogP) is 3.36. The first-order valence-corrected chi connectivity index (χ1v) is 8.23. The molecule has 0 aliphatic carbocycles. The van der Waals surface area contributed by atoms with Crippen molar-refractivity contribution in [2.45, 2.75) is 0 Å². The van der Waals surface area contributed by atoms with Crippen molar-refractivity contribution >= 4 is 23.4 Å². The molecule has 2 amide bonds. The monoisotopic (exact) mass is 382 g/mol. The number of halogens is 4. The Morgan fingerprint density at radius 2 is 1.42 bits per heavy atom. The smallest absolute Gasteiger partial charge is 0.255 e. The van der Waals surface area contributed by atoms with E-state index in [2.05, 4.69) is 0 Å². The van der Waals surface area contributed by atoms with Crippen molar-refractivity contribution in [3.8, 4) is 0 Å². The average molecular weight is 383 g/mol. The average Bonchev–Trinajstić information content (AvgIpc) is 2.63. The highest BCUT2D eigenvalue weighted by molar-refractivity contribution is 6.33. The summed E-state index contributed by atoms with van der Waals surface area (Å²) < 4.78 is 39.4. The summed E-state index contributed by atoms with van der Waals surface area (Å²) in [6.45, 7) is 0.981.